The number of carbonyl (C=O) groups excluding carboxylic acids is 2. The molecular weight excluding hydrogens is 488 g/mol. The van der Waals surface area contributed by atoms with E-state index in [0.717, 1.165) is 60.2 Å². The molecule has 2 aromatic rings. The van der Waals surface area contributed by atoms with E-state index in [4.69, 9.17) is 12.2 Å². The summed E-state index contributed by atoms with van der Waals surface area (Å²) in [7, 11) is 0. The van der Waals surface area contributed by atoms with E-state index in [2.05, 4.69) is 27.7 Å². The van der Waals surface area contributed by atoms with E-state index in [-0.39, 0.29) is 17.2 Å². The lowest BCUT2D eigenvalue weighted by Crippen LogP contribution is -2.48. The Bertz CT molecular complexity index is 1090. The van der Waals surface area contributed by atoms with Crippen LogP contribution < -0.4 is 15.5 Å². The van der Waals surface area contributed by atoms with Crippen molar-refractivity contribution < 1.29 is 9.59 Å². The standard InChI is InChI=1S/C28H34N4O2S2/c33-25(18-28-15-19-12-20(16-28)14-21(13-19)17-28)30-27(35)29-22-3-5-23(6-4-22)31-7-9-32(10-8-31)26(34)24-2-1-11-36-24/h1-6,11,19-21H,7-10,12-18H2,(H2,29,30,33,35). The van der Waals surface area contributed by atoms with E-state index in [1.54, 1.807) is 0 Å². The maximum absolute atomic E-state index is 12.9. The molecule has 0 spiro atoms. The van der Waals surface area contributed by atoms with Crippen molar-refractivity contribution in [3.05, 3.63) is 46.7 Å². The predicted octanol–water partition coefficient (Wildman–Crippen LogP) is 5.13. The van der Waals surface area contributed by atoms with Crippen molar-refractivity contribution in [1.29, 1.82) is 0 Å². The zero-order chi connectivity index (χ0) is 24.7. The average Bonchev–Trinajstić information content (AvgIpc) is 3.38. The number of rotatable bonds is 5. The Morgan fingerprint density at radius 1 is 0.944 bits per heavy atom. The lowest BCUT2D eigenvalue weighted by Gasteiger charge is -2.56. The van der Waals surface area contributed by atoms with Crippen LogP contribution >= 0.6 is 23.6 Å². The number of hydrogen-bond acceptors (Lipinski definition) is 5. The molecule has 1 aliphatic heterocycles. The van der Waals surface area contributed by atoms with Gasteiger partial charge in [0.25, 0.3) is 5.91 Å². The third-order valence-corrected chi connectivity index (χ3v) is 9.80. The van der Waals surface area contributed by atoms with Gasteiger partial charge in [-0.15, -0.1) is 11.3 Å². The van der Waals surface area contributed by atoms with Crippen molar-refractivity contribution in [2.45, 2.75) is 44.9 Å². The molecule has 0 radical (unpaired) electrons. The SMILES string of the molecule is O=C(CC12CC3CC(CC(C3)C1)C2)NC(=S)Nc1ccc(N2CCN(C(=O)c3cccs3)CC2)cc1. The normalized spacial score (nSPS) is 28.7. The van der Waals surface area contributed by atoms with Crippen molar-refractivity contribution >= 4 is 51.9 Å². The Morgan fingerprint density at radius 3 is 2.17 bits per heavy atom. The first-order valence-corrected chi connectivity index (χ1v) is 14.5. The highest BCUT2D eigenvalue weighted by atomic mass is 32.1. The van der Waals surface area contributed by atoms with Gasteiger partial charge in [0.15, 0.2) is 5.11 Å². The minimum absolute atomic E-state index is 0.0565. The number of nitrogens with one attached hydrogen (secondary N) is 2. The van der Waals surface area contributed by atoms with Crippen molar-refractivity contribution in [3.8, 4) is 0 Å². The van der Waals surface area contributed by atoms with Gasteiger partial charge in [0.2, 0.25) is 5.91 Å². The largest absolute Gasteiger partial charge is 0.368 e. The number of anilines is 2. The van der Waals surface area contributed by atoms with Gasteiger partial charge in [-0.3, -0.25) is 9.59 Å². The van der Waals surface area contributed by atoms with Gasteiger partial charge >= 0.3 is 0 Å². The summed E-state index contributed by atoms with van der Waals surface area (Å²) in [4.78, 5) is 30.5. The predicted molar refractivity (Wildman–Crippen MR) is 148 cm³/mol. The van der Waals surface area contributed by atoms with Gasteiger partial charge in [-0.25, -0.2) is 0 Å². The first-order valence-electron chi connectivity index (χ1n) is 13.2. The van der Waals surface area contributed by atoms with Crippen LogP contribution in [0.2, 0.25) is 0 Å². The molecule has 4 bridgehead atoms. The molecule has 4 aliphatic carbocycles. The Morgan fingerprint density at radius 2 is 1.58 bits per heavy atom. The van der Waals surface area contributed by atoms with Crippen molar-refractivity contribution in [2.75, 3.05) is 36.4 Å². The van der Waals surface area contributed by atoms with Crippen molar-refractivity contribution in [3.63, 3.8) is 0 Å². The van der Waals surface area contributed by atoms with Gasteiger partial charge in [0.1, 0.15) is 0 Å². The van der Waals surface area contributed by atoms with E-state index >= 15 is 0 Å². The quantitative estimate of drug-likeness (QED) is 0.533. The topological polar surface area (TPSA) is 64.7 Å². The van der Waals surface area contributed by atoms with Crippen molar-refractivity contribution in [1.82, 2.24) is 10.2 Å². The maximum Gasteiger partial charge on any atom is 0.264 e. The van der Waals surface area contributed by atoms with Crippen LogP contribution in [0.15, 0.2) is 41.8 Å². The first-order chi connectivity index (χ1) is 17.4. The molecule has 5 fully saturated rings. The van der Waals surface area contributed by atoms with Gasteiger partial charge in [-0.2, -0.15) is 0 Å². The Labute approximate surface area is 222 Å². The smallest absolute Gasteiger partial charge is 0.264 e. The van der Waals surface area contributed by atoms with Crippen LogP contribution in [-0.2, 0) is 4.79 Å². The van der Waals surface area contributed by atoms with Crippen LogP contribution in [0.1, 0.15) is 54.6 Å². The third-order valence-electron chi connectivity index (χ3n) is 8.74. The molecule has 2 heterocycles. The minimum atomic E-state index is 0.0565. The van der Waals surface area contributed by atoms with Gasteiger partial charge in [-0.05, 0) is 110 Å². The van der Waals surface area contributed by atoms with E-state index in [9.17, 15) is 9.59 Å². The highest BCUT2D eigenvalue weighted by Gasteiger charge is 2.51. The molecule has 5 aliphatic rings. The average molecular weight is 523 g/mol. The van der Waals surface area contributed by atoms with Crippen LogP contribution in [0, 0.1) is 23.2 Å². The Hall–Kier alpha value is -2.45. The minimum Gasteiger partial charge on any atom is -0.368 e. The Kier molecular flexibility index (Phi) is 6.50. The summed E-state index contributed by atoms with van der Waals surface area (Å²) < 4.78 is 0. The summed E-state index contributed by atoms with van der Waals surface area (Å²) in [6, 6.07) is 11.9. The van der Waals surface area contributed by atoms with Crippen molar-refractivity contribution in [2.24, 2.45) is 23.2 Å². The molecule has 7 rings (SSSR count). The van der Waals surface area contributed by atoms with E-state index in [0.29, 0.717) is 11.5 Å². The summed E-state index contributed by atoms with van der Waals surface area (Å²) in [6.45, 7) is 3.05. The number of thiophene rings is 1. The van der Waals surface area contributed by atoms with Crippen LogP contribution in [0.4, 0.5) is 11.4 Å². The maximum atomic E-state index is 12.9. The molecule has 4 saturated carbocycles. The lowest BCUT2D eigenvalue weighted by atomic mass is 9.49. The van der Waals surface area contributed by atoms with Crippen LogP contribution in [0.25, 0.3) is 0 Å². The number of thiocarbonyl (C=S) groups is 1. The van der Waals surface area contributed by atoms with E-state index in [1.165, 1.54) is 49.9 Å². The number of amides is 2. The molecule has 2 amide bonds. The third kappa shape index (κ3) is 5.02. The molecule has 190 valence electrons. The highest BCUT2D eigenvalue weighted by molar-refractivity contribution is 7.80. The van der Waals surface area contributed by atoms with Gasteiger partial charge in [-0.1, -0.05) is 6.07 Å². The molecule has 8 heteroatoms. The lowest BCUT2D eigenvalue weighted by molar-refractivity contribution is -0.127. The highest BCUT2D eigenvalue weighted by Crippen LogP contribution is 2.61. The monoisotopic (exact) mass is 522 g/mol. The number of nitrogens with zero attached hydrogens (tertiary/aromatic N) is 2. The fourth-order valence-electron chi connectivity index (χ4n) is 7.66. The summed E-state index contributed by atoms with van der Waals surface area (Å²) in [5, 5.41) is 8.44. The molecule has 1 aromatic heterocycles. The fraction of sp³-hybridized carbons (Fsp3) is 0.536. The molecule has 0 atom stereocenters. The summed E-state index contributed by atoms with van der Waals surface area (Å²) in [5.41, 5.74) is 2.21. The van der Waals surface area contributed by atoms with Crippen LogP contribution in [-0.4, -0.2) is 48.0 Å². The fourth-order valence-corrected chi connectivity index (χ4v) is 8.58. The summed E-state index contributed by atoms with van der Waals surface area (Å²) in [5.74, 6) is 2.72. The zero-order valence-corrected chi connectivity index (χ0v) is 22.2. The Balaban J connectivity index is 0.976. The van der Waals surface area contributed by atoms with Crippen LogP contribution in [0.3, 0.4) is 0 Å². The van der Waals surface area contributed by atoms with Gasteiger partial charge in [0.05, 0.1) is 4.88 Å². The molecule has 36 heavy (non-hydrogen) atoms. The molecule has 2 N–H and O–H groups in total. The number of hydrogen-bond donors (Lipinski definition) is 2. The number of benzene rings is 1. The second-order valence-corrected chi connectivity index (χ2v) is 12.8. The van der Waals surface area contributed by atoms with Gasteiger partial charge in [0, 0.05) is 44.0 Å². The van der Waals surface area contributed by atoms with Gasteiger partial charge < -0.3 is 20.4 Å². The number of carbonyl (C=O) groups is 2. The summed E-state index contributed by atoms with van der Waals surface area (Å²) in [6.07, 6.45) is 8.46. The molecule has 1 saturated heterocycles. The second kappa shape index (κ2) is 9.78. The second-order valence-electron chi connectivity index (χ2n) is 11.4. The molecule has 1 aromatic carbocycles. The van der Waals surface area contributed by atoms with E-state index in [1.807, 2.05) is 34.5 Å². The zero-order valence-electron chi connectivity index (χ0n) is 20.6. The first kappa shape index (κ1) is 23.9. The number of piperazine rings is 1. The molecular formula is C28H34N4O2S2. The molecule has 6 nitrogen and oxygen atoms in total. The summed E-state index contributed by atoms with van der Waals surface area (Å²) >= 11 is 6.96. The van der Waals surface area contributed by atoms with E-state index < -0.39 is 0 Å². The van der Waals surface area contributed by atoms with Crippen LogP contribution in [0.5, 0.6) is 0 Å². The molecule has 0 unspecified atom stereocenters.